The molecule has 1 atom stereocenters. The average molecular weight is 707 g/mol. The topological polar surface area (TPSA) is 90.2 Å². The molecule has 0 aliphatic carbocycles. The van der Waals surface area contributed by atoms with Gasteiger partial charge in [0, 0.05) is 20.6 Å². The number of anilines is 1. The summed E-state index contributed by atoms with van der Waals surface area (Å²) in [5.41, 5.74) is 3.58. The third-order valence-electron chi connectivity index (χ3n) is 7.76. The van der Waals surface area contributed by atoms with Gasteiger partial charge in [-0.3, -0.25) is 14.2 Å². The molecule has 6 rings (SSSR count). The van der Waals surface area contributed by atoms with Gasteiger partial charge < -0.3 is 14.4 Å². The lowest BCUT2D eigenvalue weighted by molar-refractivity contribution is -0.139. The van der Waals surface area contributed by atoms with Gasteiger partial charge in [-0.05, 0) is 55.3 Å². The number of esters is 1. The molecule has 0 radical (unpaired) electrons. The molecule has 1 aromatic heterocycles. The zero-order valence-electron chi connectivity index (χ0n) is 24.8. The minimum atomic E-state index is -0.888. The number of rotatable bonds is 8. The fraction of sp³-hybridized carbons (Fsp3) is 0.235. The average Bonchev–Trinajstić information content (AvgIpc) is 3.49. The van der Waals surface area contributed by atoms with Gasteiger partial charge in [0.05, 0.1) is 42.8 Å². The molecule has 4 aromatic rings. The summed E-state index contributed by atoms with van der Waals surface area (Å²) in [4.78, 5) is 49.3. The van der Waals surface area contributed by atoms with E-state index >= 15 is 0 Å². The molecule has 230 valence electrons. The van der Waals surface area contributed by atoms with E-state index in [4.69, 9.17) is 26.1 Å². The van der Waals surface area contributed by atoms with E-state index in [-0.39, 0.29) is 22.6 Å². The molecule has 3 heterocycles. The first kappa shape index (κ1) is 31.0. The van der Waals surface area contributed by atoms with Crippen LogP contribution in [0.3, 0.4) is 0 Å². The quantitative estimate of drug-likeness (QED) is 0.212. The Hall–Kier alpha value is -3.99. The van der Waals surface area contributed by atoms with Crippen LogP contribution in [0.1, 0.15) is 49.4 Å². The van der Waals surface area contributed by atoms with E-state index in [1.165, 1.54) is 4.57 Å². The lowest BCUT2D eigenvalue weighted by atomic mass is 9.93. The lowest BCUT2D eigenvalue weighted by Crippen LogP contribution is -2.41. The molecule has 0 bridgehead atoms. The fourth-order valence-electron chi connectivity index (χ4n) is 5.81. The maximum atomic E-state index is 14.6. The van der Waals surface area contributed by atoms with Crippen molar-refractivity contribution in [3.05, 3.63) is 124 Å². The van der Waals surface area contributed by atoms with Gasteiger partial charge in [0.2, 0.25) is 0 Å². The van der Waals surface area contributed by atoms with Crippen LogP contribution in [-0.4, -0.2) is 30.2 Å². The van der Waals surface area contributed by atoms with Crippen molar-refractivity contribution in [2.75, 3.05) is 18.6 Å². The van der Waals surface area contributed by atoms with E-state index < -0.39 is 17.6 Å². The highest BCUT2D eigenvalue weighted by molar-refractivity contribution is 9.10. The second-order valence-corrected chi connectivity index (χ2v) is 12.9. The number of carbonyl (C=O) groups excluding carboxylic acids is 2. The SMILES string of the molecule is CCCC1=C(C(=O)OCC)[C@@H](c2cc(Br)ccc2OC)n2c(s/c(=C3\C(=O)N(Cc4ccc(Cl)cc4)c4ccccc43)c2=O)=N1. The van der Waals surface area contributed by atoms with Crippen molar-refractivity contribution < 1.29 is 19.1 Å². The van der Waals surface area contributed by atoms with Crippen molar-refractivity contribution in [2.45, 2.75) is 39.3 Å². The van der Waals surface area contributed by atoms with E-state index in [1.807, 2.05) is 55.5 Å². The van der Waals surface area contributed by atoms with Crippen LogP contribution < -0.4 is 24.5 Å². The number of halogens is 2. The molecule has 0 spiro atoms. The first-order valence-electron chi connectivity index (χ1n) is 14.5. The summed E-state index contributed by atoms with van der Waals surface area (Å²) < 4.78 is 13.8. The van der Waals surface area contributed by atoms with Gasteiger partial charge in [0.15, 0.2) is 4.80 Å². The Morgan fingerprint density at radius 3 is 2.53 bits per heavy atom. The van der Waals surface area contributed by atoms with Crippen LogP contribution in [0, 0.1) is 0 Å². The maximum absolute atomic E-state index is 14.6. The number of fused-ring (bicyclic) bond motifs is 2. The number of amides is 1. The summed E-state index contributed by atoms with van der Waals surface area (Å²) in [7, 11) is 1.54. The lowest BCUT2D eigenvalue weighted by Gasteiger charge is -2.27. The van der Waals surface area contributed by atoms with Gasteiger partial charge >= 0.3 is 5.97 Å². The van der Waals surface area contributed by atoms with Crippen molar-refractivity contribution in [1.82, 2.24) is 4.57 Å². The summed E-state index contributed by atoms with van der Waals surface area (Å²) in [6, 6.07) is 19.3. The molecule has 0 N–H and O–H groups in total. The molecule has 8 nitrogen and oxygen atoms in total. The molecule has 11 heteroatoms. The maximum Gasteiger partial charge on any atom is 0.338 e. The number of aromatic nitrogens is 1. The van der Waals surface area contributed by atoms with Crippen LogP contribution in [0.15, 0.2) is 92.3 Å². The van der Waals surface area contributed by atoms with Gasteiger partial charge in [0.1, 0.15) is 16.3 Å². The number of carbonyl (C=O) groups is 2. The minimum absolute atomic E-state index is 0.160. The van der Waals surface area contributed by atoms with Crippen molar-refractivity contribution in [2.24, 2.45) is 4.99 Å². The minimum Gasteiger partial charge on any atom is -0.496 e. The summed E-state index contributed by atoms with van der Waals surface area (Å²) in [6.07, 6.45) is 1.21. The predicted octanol–water partition coefficient (Wildman–Crippen LogP) is 5.92. The van der Waals surface area contributed by atoms with E-state index in [0.717, 1.165) is 27.8 Å². The Bertz CT molecular complexity index is 2050. The van der Waals surface area contributed by atoms with Crippen LogP contribution in [-0.2, 0) is 20.9 Å². The Morgan fingerprint density at radius 1 is 1.07 bits per heavy atom. The molecule has 0 unspecified atom stereocenters. The summed E-state index contributed by atoms with van der Waals surface area (Å²) >= 11 is 10.8. The standard InChI is InChI=1S/C34H29BrClN3O5S/c1-4-8-24-28(33(42)44-5-2)29(23-17-20(35)13-16-26(23)43-3)39-32(41)30(45-34(39)37-24)27-22-9-6-7-10-25(22)38(31(27)40)18-19-11-14-21(36)15-12-19/h6-7,9-17,29H,4-5,8,18H2,1-3H3/b30-27-/t29-/m1/s1. The molecule has 3 aromatic carbocycles. The van der Waals surface area contributed by atoms with Crippen molar-refractivity contribution in [3.63, 3.8) is 0 Å². The monoisotopic (exact) mass is 705 g/mol. The van der Waals surface area contributed by atoms with Crippen LogP contribution in [0.5, 0.6) is 5.75 Å². The fourth-order valence-corrected chi connectivity index (χ4v) is 7.43. The summed E-state index contributed by atoms with van der Waals surface area (Å²) in [5, 5.41) is 0.606. The van der Waals surface area contributed by atoms with Gasteiger partial charge in [-0.25, -0.2) is 9.79 Å². The van der Waals surface area contributed by atoms with Crippen LogP contribution in [0.2, 0.25) is 5.02 Å². The van der Waals surface area contributed by atoms with E-state index in [0.29, 0.717) is 56.6 Å². The Kier molecular flexibility index (Phi) is 8.81. The number of allylic oxidation sites excluding steroid dienone is 1. The van der Waals surface area contributed by atoms with Gasteiger partial charge in [-0.15, -0.1) is 0 Å². The van der Waals surface area contributed by atoms with Crippen molar-refractivity contribution >= 4 is 62.0 Å². The molecule has 0 saturated heterocycles. The summed E-state index contributed by atoms with van der Waals surface area (Å²) in [6.45, 7) is 4.21. The molecule has 0 saturated carbocycles. The molecular formula is C34H29BrClN3O5S. The number of para-hydroxylation sites is 1. The van der Waals surface area contributed by atoms with Crippen molar-refractivity contribution in [3.8, 4) is 5.75 Å². The number of benzene rings is 3. The predicted molar refractivity (Wildman–Crippen MR) is 178 cm³/mol. The van der Waals surface area contributed by atoms with Crippen LogP contribution in [0.25, 0.3) is 5.57 Å². The van der Waals surface area contributed by atoms with Gasteiger partial charge in [0.25, 0.3) is 11.5 Å². The third-order valence-corrected chi connectivity index (χ3v) is 9.56. The zero-order chi connectivity index (χ0) is 31.8. The van der Waals surface area contributed by atoms with Crippen LogP contribution >= 0.6 is 38.9 Å². The van der Waals surface area contributed by atoms with Crippen molar-refractivity contribution in [1.29, 1.82) is 0 Å². The van der Waals surface area contributed by atoms with Gasteiger partial charge in [-0.1, -0.05) is 82.5 Å². The third kappa shape index (κ3) is 5.55. The zero-order valence-corrected chi connectivity index (χ0v) is 28.0. The molecule has 0 fully saturated rings. The highest BCUT2D eigenvalue weighted by atomic mass is 79.9. The number of hydrogen-bond acceptors (Lipinski definition) is 7. The Labute approximate surface area is 277 Å². The molecular weight excluding hydrogens is 678 g/mol. The highest BCUT2D eigenvalue weighted by Crippen LogP contribution is 2.39. The Balaban J connectivity index is 1.62. The Morgan fingerprint density at radius 2 is 1.82 bits per heavy atom. The first-order valence-corrected chi connectivity index (χ1v) is 16.5. The second kappa shape index (κ2) is 12.8. The summed E-state index contributed by atoms with van der Waals surface area (Å²) in [5.74, 6) is -0.338. The van der Waals surface area contributed by atoms with Crippen LogP contribution in [0.4, 0.5) is 5.69 Å². The first-order chi connectivity index (χ1) is 21.8. The largest absolute Gasteiger partial charge is 0.496 e. The number of methoxy groups -OCH3 is 1. The normalized spacial score (nSPS) is 16.8. The number of nitrogens with zero attached hydrogens (tertiary/aromatic N) is 3. The van der Waals surface area contributed by atoms with E-state index in [2.05, 4.69) is 15.9 Å². The number of hydrogen-bond donors (Lipinski definition) is 0. The molecule has 45 heavy (non-hydrogen) atoms. The molecule has 2 aliphatic heterocycles. The molecule has 2 aliphatic rings. The number of ether oxygens (including phenoxy) is 2. The van der Waals surface area contributed by atoms with E-state index in [9.17, 15) is 14.4 Å². The second-order valence-electron chi connectivity index (χ2n) is 10.5. The number of thiazole rings is 1. The van der Waals surface area contributed by atoms with E-state index in [1.54, 1.807) is 37.1 Å². The van der Waals surface area contributed by atoms with Gasteiger partial charge in [-0.2, -0.15) is 0 Å². The smallest absolute Gasteiger partial charge is 0.338 e. The molecule has 1 amide bonds. The highest BCUT2D eigenvalue weighted by Gasteiger charge is 2.38.